The number of guanidine groups is 1. The summed E-state index contributed by atoms with van der Waals surface area (Å²) >= 11 is 0. The number of fused-ring (bicyclic) bond motifs is 3. The van der Waals surface area contributed by atoms with Crippen molar-refractivity contribution in [2.45, 2.75) is 24.9 Å². The van der Waals surface area contributed by atoms with E-state index in [-0.39, 0.29) is 0 Å². The lowest BCUT2D eigenvalue weighted by atomic mass is 10.1. The summed E-state index contributed by atoms with van der Waals surface area (Å²) in [5.41, 5.74) is 0. The third-order valence-corrected chi connectivity index (χ3v) is 5.72. The maximum absolute atomic E-state index is 4.44. The molecule has 8 nitrogen and oxygen atoms in total. The van der Waals surface area contributed by atoms with Crippen molar-refractivity contribution in [1.82, 2.24) is 30.4 Å². The van der Waals surface area contributed by atoms with Crippen molar-refractivity contribution in [2.24, 2.45) is 4.99 Å². The minimum atomic E-state index is 0.366. The van der Waals surface area contributed by atoms with E-state index in [1.54, 1.807) is 0 Å². The number of nitrogens with one attached hydrogen (secondary N) is 2. The Kier molecular flexibility index (Phi) is 5.50. The summed E-state index contributed by atoms with van der Waals surface area (Å²) in [6.07, 6.45) is 5.90. The van der Waals surface area contributed by atoms with Crippen LogP contribution in [0.1, 0.15) is 12.8 Å². The van der Waals surface area contributed by atoms with Gasteiger partial charge in [-0.1, -0.05) is 0 Å². The third-order valence-electron chi connectivity index (χ3n) is 5.72. The van der Waals surface area contributed by atoms with Gasteiger partial charge in [0.2, 0.25) is 5.95 Å². The van der Waals surface area contributed by atoms with E-state index in [9.17, 15) is 0 Å². The molecule has 0 saturated carbocycles. The minimum absolute atomic E-state index is 0.366. The molecule has 2 bridgehead atoms. The number of aliphatic imine (C=N–C) groups is 1. The maximum atomic E-state index is 4.44. The lowest BCUT2D eigenvalue weighted by Crippen LogP contribution is -2.64. The highest BCUT2D eigenvalue weighted by Crippen LogP contribution is 2.16. The normalized spacial score (nSPS) is 31.7. The fraction of sp³-hybridized carbons (Fsp3) is 0.722. The van der Waals surface area contributed by atoms with Crippen molar-refractivity contribution in [1.29, 1.82) is 0 Å². The summed E-state index contributed by atoms with van der Waals surface area (Å²) in [6.45, 7) is 8.90. The molecule has 4 aliphatic rings. The summed E-state index contributed by atoms with van der Waals surface area (Å²) in [6, 6.07) is 2.82. The summed E-state index contributed by atoms with van der Waals surface area (Å²) in [5, 5.41) is 7.15. The van der Waals surface area contributed by atoms with Gasteiger partial charge in [-0.25, -0.2) is 9.97 Å². The predicted molar refractivity (Wildman–Crippen MR) is 104 cm³/mol. The Labute approximate surface area is 155 Å². The Morgan fingerprint density at radius 1 is 1.15 bits per heavy atom. The molecule has 2 atom stereocenters. The quantitative estimate of drug-likeness (QED) is 0.561. The molecular formula is C18H30N8. The molecule has 8 heteroatoms. The molecule has 0 amide bonds. The first-order valence-electron chi connectivity index (χ1n) is 9.77. The molecule has 0 aromatic carbocycles. The van der Waals surface area contributed by atoms with Gasteiger partial charge in [0.05, 0.1) is 0 Å². The van der Waals surface area contributed by atoms with Crippen LogP contribution in [0.15, 0.2) is 23.5 Å². The van der Waals surface area contributed by atoms with Crippen LogP contribution in [0.4, 0.5) is 5.95 Å². The molecule has 5 rings (SSSR count). The summed E-state index contributed by atoms with van der Waals surface area (Å²) in [4.78, 5) is 20.6. The number of aromatic nitrogens is 2. The van der Waals surface area contributed by atoms with Gasteiger partial charge in [0.1, 0.15) is 0 Å². The van der Waals surface area contributed by atoms with Gasteiger partial charge in [0.25, 0.3) is 0 Å². The van der Waals surface area contributed by atoms with Crippen LogP contribution in [0.3, 0.4) is 0 Å². The van der Waals surface area contributed by atoms with E-state index in [1.807, 2.05) is 25.5 Å². The lowest BCUT2D eigenvalue weighted by Gasteiger charge is -2.47. The van der Waals surface area contributed by atoms with Gasteiger partial charge < -0.3 is 15.5 Å². The fourth-order valence-electron chi connectivity index (χ4n) is 4.25. The SMILES string of the molecule is CN=C(NCC1CN2CCN1CC2)NC1CCCN(c2ncccn2)C1. The molecule has 0 aliphatic carbocycles. The Morgan fingerprint density at radius 2 is 1.96 bits per heavy atom. The molecule has 2 N–H and O–H groups in total. The van der Waals surface area contributed by atoms with E-state index < -0.39 is 0 Å². The van der Waals surface area contributed by atoms with E-state index in [1.165, 1.54) is 32.7 Å². The number of nitrogens with zero attached hydrogens (tertiary/aromatic N) is 6. The van der Waals surface area contributed by atoms with Crippen molar-refractivity contribution in [3.63, 3.8) is 0 Å². The zero-order valence-corrected chi connectivity index (χ0v) is 15.6. The van der Waals surface area contributed by atoms with Crippen LogP contribution in [0.25, 0.3) is 0 Å². The molecule has 4 aliphatic heterocycles. The highest BCUT2D eigenvalue weighted by Gasteiger charge is 2.31. The molecule has 1 aromatic heterocycles. The summed E-state index contributed by atoms with van der Waals surface area (Å²) < 4.78 is 0. The molecule has 26 heavy (non-hydrogen) atoms. The minimum Gasteiger partial charge on any atom is -0.355 e. The maximum Gasteiger partial charge on any atom is 0.225 e. The van der Waals surface area contributed by atoms with Gasteiger partial charge in [-0.2, -0.15) is 0 Å². The molecule has 4 fully saturated rings. The zero-order chi connectivity index (χ0) is 17.8. The van der Waals surface area contributed by atoms with Gasteiger partial charge in [0, 0.05) is 83.9 Å². The van der Waals surface area contributed by atoms with E-state index in [0.29, 0.717) is 12.1 Å². The number of hydrogen-bond donors (Lipinski definition) is 2. The van der Waals surface area contributed by atoms with Gasteiger partial charge in [-0.05, 0) is 18.9 Å². The first kappa shape index (κ1) is 17.5. The summed E-state index contributed by atoms with van der Waals surface area (Å²) in [7, 11) is 1.85. The second kappa shape index (κ2) is 8.18. The van der Waals surface area contributed by atoms with Crippen LogP contribution < -0.4 is 15.5 Å². The Morgan fingerprint density at radius 3 is 2.65 bits per heavy atom. The highest BCUT2D eigenvalue weighted by molar-refractivity contribution is 5.80. The number of piperidine rings is 1. The molecule has 0 radical (unpaired) electrons. The summed E-state index contributed by atoms with van der Waals surface area (Å²) in [5.74, 6) is 1.73. The number of rotatable bonds is 4. The Balaban J connectivity index is 1.28. The Bertz CT molecular complexity index is 598. The first-order valence-corrected chi connectivity index (χ1v) is 9.77. The van der Waals surface area contributed by atoms with E-state index in [4.69, 9.17) is 0 Å². The van der Waals surface area contributed by atoms with E-state index in [2.05, 4.69) is 40.3 Å². The average molecular weight is 358 g/mol. The van der Waals surface area contributed by atoms with Crippen molar-refractivity contribution < 1.29 is 0 Å². The smallest absolute Gasteiger partial charge is 0.225 e. The molecule has 2 unspecified atom stereocenters. The van der Waals surface area contributed by atoms with Crippen molar-refractivity contribution in [2.75, 3.05) is 64.3 Å². The second-order valence-corrected chi connectivity index (χ2v) is 7.42. The first-order chi connectivity index (χ1) is 12.8. The van der Waals surface area contributed by atoms with Crippen LogP contribution in [-0.4, -0.2) is 97.2 Å². The average Bonchev–Trinajstić information content (AvgIpc) is 2.73. The number of piperazine rings is 3. The van der Waals surface area contributed by atoms with Gasteiger partial charge >= 0.3 is 0 Å². The number of anilines is 1. The molecule has 5 heterocycles. The Hall–Kier alpha value is -1.93. The van der Waals surface area contributed by atoms with Crippen molar-refractivity contribution in [3.8, 4) is 0 Å². The van der Waals surface area contributed by atoms with Gasteiger partial charge in [-0.15, -0.1) is 0 Å². The standard InChI is InChI=1S/C18H30N8/c1-19-17(22-12-16-14-24-8-10-25(16)11-9-24)23-15-4-2-7-26(13-15)18-20-5-3-6-21-18/h3,5-6,15-16H,2,4,7-14H2,1H3,(H2,19,22,23). The molecule has 4 saturated heterocycles. The molecule has 142 valence electrons. The van der Waals surface area contributed by atoms with Crippen LogP contribution in [-0.2, 0) is 0 Å². The van der Waals surface area contributed by atoms with E-state index in [0.717, 1.165) is 44.4 Å². The third kappa shape index (κ3) is 4.07. The molecular weight excluding hydrogens is 328 g/mol. The van der Waals surface area contributed by atoms with Crippen LogP contribution >= 0.6 is 0 Å². The zero-order valence-electron chi connectivity index (χ0n) is 15.6. The number of hydrogen-bond acceptors (Lipinski definition) is 6. The van der Waals surface area contributed by atoms with Crippen LogP contribution in [0.2, 0.25) is 0 Å². The van der Waals surface area contributed by atoms with Gasteiger partial charge in [0.15, 0.2) is 5.96 Å². The lowest BCUT2D eigenvalue weighted by molar-refractivity contribution is 0.0154. The predicted octanol–water partition coefficient (Wildman–Crippen LogP) is -0.390. The molecule has 0 spiro atoms. The van der Waals surface area contributed by atoms with Crippen LogP contribution in [0.5, 0.6) is 0 Å². The fourth-order valence-corrected chi connectivity index (χ4v) is 4.25. The van der Waals surface area contributed by atoms with Crippen LogP contribution in [0, 0.1) is 0 Å². The second-order valence-electron chi connectivity index (χ2n) is 7.42. The largest absolute Gasteiger partial charge is 0.355 e. The van der Waals surface area contributed by atoms with E-state index >= 15 is 0 Å². The highest BCUT2D eigenvalue weighted by atomic mass is 15.4. The van der Waals surface area contributed by atoms with Gasteiger partial charge in [-0.3, -0.25) is 14.8 Å². The van der Waals surface area contributed by atoms with Crippen molar-refractivity contribution >= 4 is 11.9 Å². The van der Waals surface area contributed by atoms with Crippen molar-refractivity contribution in [3.05, 3.63) is 18.5 Å². The monoisotopic (exact) mass is 358 g/mol. The topological polar surface area (TPSA) is 71.9 Å². The molecule has 1 aromatic rings.